The lowest BCUT2D eigenvalue weighted by Crippen LogP contribution is -2.31. The molecule has 1 amide bonds. The summed E-state index contributed by atoms with van der Waals surface area (Å²) in [5.74, 6) is 0.0494. The maximum absolute atomic E-state index is 11.4. The highest BCUT2D eigenvalue weighted by molar-refractivity contribution is 7.73. The zero-order valence-corrected chi connectivity index (χ0v) is 10.1. The van der Waals surface area contributed by atoms with E-state index < -0.39 is 0 Å². The normalized spacial score (nSPS) is 10.6. The first-order valence-corrected chi connectivity index (χ1v) is 5.69. The van der Waals surface area contributed by atoms with Crippen LogP contribution in [0.5, 0.6) is 0 Å². The summed E-state index contributed by atoms with van der Waals surface area (Å²) in [4.78, 5) is 15.5. The molecule has 0 aliphatic carbocycles. The first-order valence-electron chi connectivity index (χ1n) is 4.47. The van der Waals surface area contributed by atoms with E-state index >= 15 is 0 Å². The van der Waals surface area contributed by atoms with E-state index in [0.717, 1.165) is 14.5 Å². The lowest BCUT2D eigenvalue weighted by molar-refractivity contribution is -0.120. The molecule has 0 unspecified atom stereocenters. The van der Waals surface area contributed by atoms with Gasteiger partial charge in [0.05, 0.1) is 6.42 Å². The number of carbonyl (C=O) groups excluding carboxylic acids is 1. The predicted octanol–water partition coefficient (Wildman–Crippen LogP) is 2.18. The molecule has 0 aromatic carbocycles. The van der Waals surface area contributed by atoms with Crippen molar-refractivity contribution in [1.82, 2.24) is 10.3 Å². The number of aromatic nitrogens is 1. The average Bonchev–Trinajstić information content (AvgIpc) is 2.28. The van der Waals surface area contributed by atoms with Crippen LogP contribution in [0.25, 0.3) is 0 Å². The van der Waals surface area contributed by atoms with Crippen molar-refractivity contribution in [3.63, 3.8) is 0 Å². The molecule has 0 saturated heterocycles. The Hall–Kier alpha value is -0.680. The Bertz CT molecular complexity index is 378. The van der Waals surface area contributed by atoms with Crippen LogP contribution in [0.15, 0.2) is 0 Å². The monoisotopic (exact) mass is 230 g/mol. The van der Waals surface area contributed by atoms with Gasteiger partial charge in [-0.3, -0.25) is 4.79 Å². The molecule has 5 heteroatoms. The molecule has 0 aliphatic heterocycles. The Morgan fingerprint density at radius 3 is 2.71 bits per heavy atom. The number of rotatable bonds is 3. The van der Waals surface area contributed by atoms with Crippen molar-refractivity contribution in [2.45, 2.75) is 33.2 Å². The van der Waals surface area contributed by atoms with Gasteiger partial charge >= 0.3 is 0 Å². The summed E-state index contributed by atoms with van der Waals surface area (Å²) >= 11 is 6.46. The Balaban J connectivity index is 2.65. The van der Waals surface area contributed by atoms with E-state index in [1.807, 2.05) is 20.8 Å². The zero-order valence-electron chi connectivity index (χ0n) is 8.51. The summed E-state index contributed by atoms with van der Waals surface area (Å²) in [6, 6.07) is 0.190. The van der Waals surface area contributed by atoms with Crippen LogP contribution in [0.4, 0.5) is 0 Å². The lowest BCUT2D eigenvalue weighted by Gasteiger charge is -2.07. The van der Waals surface area contributed by atoms with Crippen molar-refractivity contribution in [2.24, 2.45) is 0 Å². The molecule has 0 fully saturated rings. The fourth-order valence-corrected chi connectivity index (χ4v) is 2.41. The van der Waals surface area contributed by atoms with E-state index in [-0.39, 0.29) is 11.9 Å². The van der Waals surface area contributed by atoms with Crippen LogP contribution in [0.2, 0.25) is 0 Å². The van der Waals surface area contributed by atoms with E-state index in [1.54, 1.807) is 0 Å². The van der Waals surface area contributed by atoms with Gasteiger partial charge in [-0.25, -0.2) is 0 Å². The largest absolute Gasteiger partial charge is 0.354 e. The van der Waals surface area contributed by atoms with Gasteiger partial charge in [0.2, 0.25) is 5.91 Å². The smallest absolute Gasteiger partial charge is 0.225 e. The molecule has 14 heavy (non-hydrogen) atoms. The Labute approximate surface area is 92.6 Å². The van der Waals surface area contributed by atoms with Crippen molar-refractivity contribution in [1.29, 1.82) is 0 Å². The van der Waals surface area contributed by atoms with Crippen molar-refractivity contribution in [2.75, 3.05) is 0 Å². The third-order valence-corrected chi connectivity index (χ3v) is 3.03. The molecular weight excluding hydrogens is 216 g/mol. The second kappa shape index (κ2) is 4.70. The van der Waals surface area contributed by atoms with Crippen LogP contribution in [-0.2, 0) is 11.2 Å². The van der Waals surface area contributed by atoms with Crippen molar-refractivity contribution >= 4 is 29.5 Å². The van der Waals surface area contributed by atoms with Crippen molar-refractivity contribution < 1.29 is 4.79 Å². The average molecular weight is 230 g/mol. The minimum absolute atomic E-state index is 0.0494. The van der Waals surface area contributed by atoms with Gasteiger partial charge in [0.15, 0.2) is 3.95 Å². The molecule has 0 saturated carbocycles. The van der Waals surface area contributed by atoms with Crippen LogP contribution < -0.4 is 5.32 Å². The van der Waals surface area contributed by atoms with E-state index in [0.29, 0.717) is 6.42 Å². The van der Waals surface area contributed by atoms with Gasteiger partial charge in [0.1, 0.15) is 0 Å². The Kier molecular flexibility index (Phi) is 3.83. The van der Waals surface area contributed by atoms with E-state index in [2.05, 4.69) is 10.3 Å². The van der Waals surface area contributed by atoms with Gasteiger partial charge in [0.25, 0.3) is 0 Å². The van der Waals surface area contributed by atoms with Gasteiger partial charge in [0, 0.05) is 16.6 Å². The fourth-order valence-electron chi connectivity index (χ4n) is 1.12. The SMILES string of the molecule is Cc1[nH]c(=S)sc1CC(=O)NC(C)C. The maximum Gasteiger partial charge on any atom is 0.225 e. The van der Waals surface area contributed by atoms with Crippen LogP contribution in [0.3, 0.4) is 0 Å². The van der Waals surface area contributed by atoms with E-state index in [9.17, 15) is 4.79 Å². The number of H-pyrrole nitrogens is 1. The second-order valence-electron chi connectivity index (χ2n) is 3.46. The quantitative estimate of drug-likeness (QED) is 0.782. The third-order valence-electron chi connectivity index (χ3n) is 1.69. The van der Waals surface area contributed by atoms with Gasteiger partial charge < -0.3 is 10.3 Å². The summed E-state index contributed by atoms with van der Waals surface area (Å²) in [6.45, 7) is 5.83. The van der Waals surface area contributed by atoms with Crippen molar-refractivity contribution in [3.8, 4) is 0 Å². The summed E-state index contributed by atoms with van der Waals surface area (Å²) in [6.07, 6.45) is 0.418. The molecule has 1 heterocycles. The van der Waals surface area contributed by atoms with E-state index in [4.69, 9.17) is 12.2 Å². The van der Waals surface area contributed by atoms with E-state index in [1.165, 1.54) is 11.3 Å². The predicted molar refractivity (Wildman–Crippen MR) is 61.2 cm³/mol. The minimum atomic E-state index is 0.0494. The lowest BCUT2D eigenvalue weighted by atomic mass is 10.3. The highest BCUT2D eigenvalue weighted by Crippen LogP contribution is 2.14. The van der Waals surface area contributed by atoms with Gasteiger partial charge in [-0.05, 0) is 33.0 Å². The number of aryl methyl sites for hydroxylation is 1. The molecule has 0 spiro atoms. The van der Waals surface area contributed by atoms with Crippen LogP contribution in [-0.4, -0.2) is 16.9 Å². The molecule has 1 aromatic heterocycles. The molecule has 2 N–H and O–H groups in total. The first-order chi connectivity index (χ1) is 6.49. The number of amides is 1. The van der Waals surface area contributed by atoms with Gasteiger partial charge in [-0.1, -0.05) is 0 Å². The first kappa shape index (κ1) is 11.4. The Morgan fingerprint density at radius 1 is 1.64 bits per heavy atom. The van der Waals surface area contributed by atoms with Gasteiger partial charge in [-0.2, -0.15) is 0 Å². The highest BCUT2D eigenvalue weighted by atomic mass is 32.1. The fraction of sp³-hybridized carbons (Fsp3) is 0.556. The standard InChI is InChI=1S/C9H14N2OS2/c1-5(2)10-8(12)4-7-6(3)11-9(13)14-7/h5H,4H2,1-3H3,(H,10,12)(H,11,13). The van der Waals surface area contributed by atoms with Crippen molar-refractivity contribution in [3.05, 3.63) is 14.5 Å². The number of aromatic amines is 1. The third kappa shape index (κ3) is 3.23. The minimum Gasteiger partial charge on any atom is -0.354 e. The topological polar surface area (TPSA) is 44.9 Å². The van der Waals surface area contributed by atoms with Crippen LogP contribution >= 0.6 is 23.6 Å². The number of hydrogen-bond donors (Lipinski definition) is 2. The van der Waals surface area contributed by atoms with Crippen LogP contribution in [0.1, 0.15) is 24.4 Å². The van der Waals surface area contributed by atoms with Gasteiger partial charge in [-0.15, -0.1) is 11.3 Å². The maximum atomic E-state index is 11.4. The number of thiazole rings is 1. The molecule has 78 valence electrons. The highest BCUT2D eigenvalue weighted by Gasteiger charge is 2.08. The molecule has 0 bridgehead atoms. The van der Waals surface area contributed by atoms with Crippen LogP contribution in [0, 0.1) is 10.9 Å². The molecular formula is C9H14N2OS2. The summed E-state index contributed by atoms with van der Waals surface area (Å²) in [5, 5.41) is 2.85. The number of carbonyl (C=O) groups is 1. The number of hydrogen-bond acceptors (Lipinski definition) is 3. The number of nitrogens with one attached hydrogen (secondary N) is 2. The summed E-state index contributed by atoms with van der Waals surface area (Å²) < 4.78 is 0.731. The molecule has 1 rings (SSSR count). The molecule has 1 aromatic rings. The second-order valence-corrected chi connectivity index (χ2v) is 5.23. The molecule has 0 radical (unpaired) electrons. The Morgan fingerprint density at radius 2 is 2.29 bits per heavy atom. The molecule has 3 nitrogen and oxygen atoms in total. The summed E-state index contributed by atoms with van der Waals surface area (Å²) in [5.41, 5.74) is 0.999. The summed E-state index contributed by atoms with van der Waals surface area (Å²) in [7, 11) is 0. The zero-order chi connectivity index (χ0) is 10.7. The molecule has 0 atom stereocenters. The molecule has 0 aliphatic rings.